The molecule has 0 radical (unpaired) electrons. The number of amides is 2. The second kappa shape index (κ2) is 6.40. The van der Waals surface area contributed by atoms with E-state index in [9.17, 15) is 4.79 Å². The third-order valence-corrected chi connectivity index (χ3v) is 3.76. The Balaban J connectivity index is 1.54. The summed E-state index contributed by atoms with van der Waals surface area (Å²) in [5, 5.41) is 6.05. The van der Waals surface area contributed by atoms with E-state index in [-0.39, 0.29) is 6.03 Å². The van der Waals surface area contributed by atoms with Crippen molar-refractivity contribution >= 4 is 22.5 Å². The molecule has 0 aliphatic rings. The van der Waals surface area contributed by atoms with Gasteiger partial charge in [0.25, 0.3) is 0 Å². The molecular weight excluding hydrogens is 300 g/mol. The van der Waals surface area contributed by atoms with Crippen LogP contribution in [-0.4, -0.2) is 16.0 Å². The van der Waals surface area contributed by atoms with Crippen molar-refractivity contribution in [1.29, 1.82) is 0 Å². The summed E-state index contributed by atoms with van der Waals surface area (Å²) in [5.74, 6) is 0. The Labute approximate surface area is 131 Å². The van der Waals surface area contributed by atoms with E-state index in [0.29, 0.717) is 11.7 Å². The van der Waals surface area contributed by atoms with Crippen molar-refractivity contribution in [1.82, 2.24) is 15.3 Å². The Morgan fingerprint density at radius 1 is 1.27 bits per heavy atom. The van der Waals surface area contributed by atoms with Crippen molar-refractivity contribution in [2.24, 2.45) is 0 Å². The molecular formula is C15H14N4O2S. The molecule has 2 N–H and O–H groups in total. The van der Waals surface area contributed by atoms with E-state index in [2.05, 4.69) is 20.6 Å². The Kier molecular flexibility index (Phi) is 4.15. The number of anilines is 1. The SMILES string of the molecule is Cc1cnc(NC(=O)NCc2ccc(-c3ccoc3)nc2)s1. The molecule has 7 heteroatoms. The first-order valence-electron chi connectivity index (χ1n) is 6.65. The van der Waals surface area contributed by atoms with E-state index in [0.717, 1.165) is 21.7 Å². The number of hydrogen-bond donors (Lipinski definition) is 2. The van der Waals surface area contributed by atoms with Gasteiger partial charge in [-0.05, 0) is 24.6 Å². The van der Waals surface area contributed by atoms with Gasteiger partial charge >= 0.3 is 6.03 Å². The zero-order valence-electron chi connectivity index (χ0n) is 11.9. The molecule has 3 rings (SSSR count). The van der Waals surface area contributed by atoms with Crippen LogP contribution in [0.1, 0.15) is 10.4 Å². The number of carbonyl (C=O) groups is 1. The number of pyridine rings is 1. The van der Waals surface area contributed by atoms with E-state index in [1.807, 2.05) is 25.1 Å². The number of aryl methyl sites for hydroxylation is 1. The molecule has 3 aromatic rings. The topological polar surface area (TPSA) is 80.0 Å². The van der Waals surface area contributed by atoms with Gasteiger partial charge in [-0.25, -0.2) is 9.78 Å². The highest BCUT2D eigenvalue weighted by Gasteiger charge is 2.05. The third-order valence-electron chi connectivity index (χ3n) is 2.94. The molecule has 2 amide bonds. The molecule has 112 valence electrons. The number of urea groups is 1. The number of nitrogens with one attached hydrogen (secondary N) is 2. The number of rotatable bonds is 4. The van der Waals surface area contributed by atoms with Crippen LogP contribution in [-0.2, 0) is 6.54 Å². The fourth-order valence-electron chi connectivity index (χ4n) is 1.85. The fraction of sp³-hybridized carbons (Fsp3) is 0.133. The monoisotopic (exact) mass is 314 g/mol. The molecule has 3 aromatic heterocycles. The molecule has 3 heterocycles. The molecule has 0 fully saturated rings. The maximum atomic E-state index is 11.8. The fourth-order valence-corrected chi connectivity index (χ4v) is 2.51. The molecule has 6 nitrogen and oxygen atoms in total. The lowest BCUT2D eigenvalue weighted by Crippen LogP contribution is -2.28. The van der Waals surface area contributed by atoms with Gasteiger partial charge in [0, 0.05) is 29.4 Å². The van der Waals surface area contributed by atoms with Crippen LogP contribution in [0.2, 0.25) is 0 Å². The maximum Gasteiger partial charge on any atom is 0.321 e. The molecule has 0 bridgehead atoms. The summed E-state index contributed by atoms with van der Waals surface area (Å²) in [7, 11) is 0. The maximum absolute atomic E-state index is 11.8. The average molecular weight is 314 g/mol. The van der Waals surface area contributed by atoms with Crippen molar-refractivity contribution < 1.29 is 9.21 Å². The number of hydrogen-bond acceptors (Lipinski definition) is 5. The van der Waals surface area contributed by atoms with Crippen molar-refractivity contribution in [2.75, 3.05) is 5.32 Å². The van der Waals surface area contributed by atoms with Crippen LogP contribution in [0.3, 0.4) is 0 Å². The number of nitrogens with zero attached hydrogens (tertiary/aromatic N) is 2. The number of thiazole rings is 1. The quantitative estimate of drug-likeness (QED) is 0.773. The number of furan rings is 1. The van der Waals surface area contributed by atoms with Gasteiger partial charge in [0.15, 0.2) is 5.13 Å². The largest absolute Gasteiger partial charge is 0.472 e. The average Bonchev–Trinajstić information content (AvgIpc) is 3.18. The minimum atomic E-state index is -0.284. The highest BCUT2D eigenvalue weighted by molar-refractivity contribution is 7.15. The summed E-state index contributed by atoms with van der Waals surface area (Å²) < 4.78 is 5.03. The first-order valence-corrected chi connectivity index (χ1v) is 7.47. The van der Waals surface area contributed by atoms with Crippen LogP contribution in [0.25, 0.3) is 11.3 Å². The van der Waals surface area contributed by atoms with Crippen molar-refractivity contribution in [3.63, 3.8) is 0 Å². The van der Waals surface area contributed by atoms with Crippen molar-refractivity contribution in [2.45, 2.75) is 13.5 Å². The lowest BCUT2D eigenvalue weighted by atomic mass is 10.2. The zero-order valence-corrected chi connectivity index (χ0v) is 12.7. The van der Waals surface area contributed by atoms with E-state index in [1.165, 1.54) is 11.3 Å². The predicted octanol–water partition coefficient (Wildman–Crippen LogP) is 3.43. The Morgan fingerprint density at radius 3 is 2.82 bits per heavy atom. The molecule has 0 aliphatic carbocycles. The van der Waals surface area contributed by atoms with E-state index < -0.39 is 0 Å². The molecule has 0 saturated carbocycles. The van der Waals surface area contributed by atoms with Gasteiger partial charge in [-0.3, -0.25) is 10.3 Å². The summed E-state index contributed by atoms with van der Waals surface area (Å²) in [6.07, 6.45) is 6.70. The summed E-state index contributed by atoms with van der Waals surface area (Å²) >= 11 is 1.43. The minimum Gasteiger partial charge on any atom is -0.472 e. The summed E-state index contributed by atoms with van der Waals surface area (Å²) in [6, 6.07) is 5.38. The highest BCUT2D eigenvalue weighted by atomic mass is 32.1. The molecule has 0 spiro atoms. The number of carbonyl (C=O) groups excluding carboxylic acids is 1. The number of aromatic nitrogens is 2. The second-order valence-corrected chi connectivity index (χ2v) is 5.88. The molecule has 0 aromatic carbocycles. The van der Waals surface area contributed by atoms with Gasteiger partial charge in [-0.1, -0.05) is 6.07 Å². The lowest BCUT2D eigenvalue weighted by molar-refractivity contribution is 0.251. The third kappa shape index (κ3) is 3.50. The smallest absolute Gasteiger partial charge is 0.321 e. The van der Waals surface area contributed by atoms with Gasteiger partial charge in [0.1, 0.15) is 0 Å². The predicted molar refractivity (Wildman–Crippen MR) is 84.6 cm³/mol. The first-order chi connectivity index (χ1) is 10.7. The lowest BCUT2D eigenvalue weighted by Gasteiger charge is -2.05. The molecule has 0 aliphatic heterocycles. The van der Waals surface area contributed by atoms with Crippen molar-refractivity contribution in [3.8, 4) is 11.3 Å². The zero-order chi connectivity index (χ0) is 15.4. The van der Waals surface area contributed by atoms with Crippen LogP contribution in [0.4, 0.5) is 9.93 Å². The van der Waals surface area contributed by atoms with Gasteiger partial charge in [-0.15, -0.1) is 11.3 Å². The Bertz CT molecular complexity index is 750. The van der Waals surface area contributed by atoms with Crippen LogP contribution in [0.15, 0.2) is 47.5 Å². The van der Waals surface area contributed by atoms with Crippen LogP contribution in [0.5, 0.6) is 0 Å². The normalized spacial score (nSPS) is 10.4. The van der Waals surface area contributed by atoms with Gasteiger partial charge in [0.2, 0.25) is 0 Å². The summed E-state index contributed by atoms with van der Waals surface area (Å²) in [5.41, 5.74) is 2.68. The van der Waals surface area contributed by atoms with Crippen LogP contribution >= 0.6 is 11.3 Å². The molecule has 0 unspecified atom stereocenters. The Morgan fingerprint density at radius 2 is 2.18 bits per heavy atom. The van der Waals surface area contributed by atoms with Gasteiger partial charge in [0.05, 0.1) is 18.2 Å². The second-order valence-electron chi connectivity index (χ2n) is 4.65. The van der Waals surface area contributed by atoms with Crippen LogP contribution < -0.4 is 10.6 Å². The standard InChI is InChI=1S/C15H14N4O2S/c1-10-6-18-15(22-10)19-14(20)17-8-11-2-3-13(16-7-11)12-4-5-21-9-12/h2-7,9H,8H2,1H3,(H2,17,18,19,20). The van der Waals surface area contributed by atoms with E-state index in [4.69, 9.17) is 4.42 Å². The summed E-state index contributed by atoms with van der Waals surface area (Å²) in [6.45, 7) is 2.34. The molecule has 0 atom stereocenters. The summed E-state index contributed by atoms with van der Waals surface area (Å²) in [4.78, 5) is 21.2. The van der Waals surface area contributed by atoms with Crippen LogP contribution in [0, 0.1) is 6.92 Å². The van der Waals surface area contributed by atoms with Gasteiger partial charge < -0.3 is 9.73 Å². The highest BCUT2D eigenvalue weighted by Crippen LogP contribution is 2.17. The minimum absolute atomic E-state index is 0.284. The molecule has 22 heavy (non-hydrogen) atoms. The Hall–Kier alpha value is -2.67. The van der Waals surface area contributed by atoms with Gasteiger partial charge in [-0.2, -0.15) is 0 Å². The first kappa shape index (κ1) is 14.3. The van der Waals surface area contributed by atoms with E-state index >= 15 is 0 Å². The van der Waals surface area contributed by atoms with Crippen molar-refractivity contribution in [3.05, 3.63) is 53.6 Å². The molecule has 0 saturated heterocycles. The van der Waals surface area contributed by atoms with E-state index in [1.54, 1.807) is 24.9 Å².